The van der Waals surface area contributed by atoms with Gasteiger partial charge in [-0.25, -0.2) is 4.79 Å². The number of carboxylic acid groups (broad SMARTS) is 1. The van der Waals surface area contributed by atoms with Gasteiger partial charge in [0.1, 0.15) is 18.1 Å². The number of hydrogen-bond acceptors (Lipinski definition) is 8. The van der Waals surface area contributed by atoms with Crippen LogP contribution in [-0.2, 0) is 25.6 Å². The summed E-state index contributed by atoms with van der Waals surface area (Å²) in [6.45, 7) is -0.811. The summed E-state index contributed by atoms with van der Waals surface area (Å²) in [5, 5.41) is 25.3. The van der Waals surface area contributed by atoms with E-state index in [1.54, 1.807) is 36.0 Å². The number of aliphatic hydroxyl groups is 1. The average molecular weight is 487 g/mol. The van der Waals surface area contributed by atoms with Gasteiger partial charge in [0.25, 0.3) is 0 Å². The van der Waals surface area contributed by atoms with Gasteiger partial charge in [-0.05, 0) is 24.0 Å². The molecule has 1 rings (SSSR count). The molecule has 0 saturated heterocycles. The topological polar surface area (TPSA) is 171 Å². The van der Waals surface area contributed by atoms with Crippen molar-refractivity contribution in [2.24, 2.45) is 5.73 Å². The van der Waals surface area contributed by atoms with Crippen LogP contribution in [0, 0.1) is 0 Å². The maximum atomic E-state index is 12.9. The molecule has 0 bridgehead atoms. The number of carbonyl (C=O) groups is 4. The van der Waals surface area contributed by atoms with E-state index in [1.165, 1.54) is 0 Å². The lowest BCUT2D eigenvalue weighted by molar-refractivity contribution is -0.143. The summed E-state index contributed by atoms with van der Waals surface area (Å²) in [7, 11) is 0. The van der Waals surface area contributed by atoms with E-state index in [-0.39, 0.29) is 12.2 Å². The number of nitrogens with one attached hydrogen (secondary N) is 3. The Morgan fingerprint density at radius 3 is 2.09 bits per heavy atom. The van der Waals surface area contributed by atoms with Gasteiger partial charge in [0.2, 0.25) is 17.7 Å². The number of rotatable bonds is 14. The van der Waals surface area contributed by atoms with Crippen LogP contribution >= 0.6 is 24.4 Å². The third-order valence-electron chi connectivity index (χ3n) is 4.50. The molecule has 0 aliphatic carbocycles. The van der Waals surface area contributed by atoms with Crippen molar-refractivity contribution in [3.05, 3.63) is 35.9 Å². The Balaban J connectivity index is 2.93. The van der Waals surface area contributed by atoms with Gasteiger partial charge < -0.3 is 31.9 Å². The smallest absolute Gasteiger partial charge is 0.328 e. The third kappa shape index (κ3) is 9.47. The van der Waals surface area contributed by atoms with E-state index in [4.69, 9.17) is 15.9 Å². The van der Waals surface area contributed by atoms with Gasteiger partial charge in [0.15, 0.2) is 0 Å². The minimum absolute atomic E-state index is 0.130. The van der Waals surface area contributed by atoms with E-state index in [9.17, 15) is 19.2 Å². The second-order valence-corrected chi connectivity index (χ2v) is 8.32. The molecule has 0 radical (unpaired) electrons. The van der Waals surface area contributed by atoms with Crippen molar-refractivity contribution in [2.45, 2.75) is 37.0 Å². The Labute approximate surface area is 196 Å². The lowest BCUT2D eigenvalue weighted by atomic mass is 10.0. The fourth-order valence-electron chi connectivity index (χ4n) is 2.64. The maximum Gasteiger partial charge on any atom is 0.328 e. The van der Waals surface area contributed by atoms with Crippen molar-refractivity contribution in [3.63, 3.8) is 0 Å². The van der Waals surface area contributed by atoms with E-state index < -0.39 is 54.5 Å². The Morgan fingerprint density at radius 2 is 1.56 bits per heavy atom. The number of aliphatic carboxylic acids is 1. The first-order chi connectivity index (χ1) is 15.2. The molecule has 3 amide bonds. The highest BCUT2D eigenvalue weighted by atomic mass is 32.2. The fraction of sp³-hybridized carbons (Fsp3) is 0.500. The number of carboxylic acids is 1. The Hall–Kier alpha value is -2.28. The number of benzene rings is 1. The number of hydrogen-bond donors (Lipinski definition) is 7. The molecule has 4 unspecified atom stereocenters. The van der Waals surface area contributed by atoms with Crippen LogP contribution in [0.5, 0.6) is 0 Å². The third-order valence-corrected chi connectivity index (χ3v) is 5.51. The molecule has 10 nitrogen and oxygen atoms in total. The molecule has 7 N–H and O–H groups in total. The van der Waals surface area contributed by atoms with Crippen LogP contribution in [0.1, 0.15) is 12.0 Å². The van der Waals surface area contributed by atoms with Crippen molar-refractivity contribution in [1.29, 1.82) is 0 Å². The molecule has 0 spiro atoms. The van der Waals surface area contributed by atoms with Crippen LogP contribution < -0.4 is 21.7 Å². The zero-order valence-corrected chi connectivity index (χ0v) is 19.4. The quantitative estimate of drug-likeness (QED) is 0.160. The molecule has 0 aromatic heterocycles. The molecule has 32 heavy (non-hydrogen) atoms. The second kappa shape index (κ2) is 14.7. The summed E-state index contributed by atoms with van der Waals surface area (Å²) in [6.07, 6.45) is 2.49. The minimum atomic E-state index is -1.52. The minimum Gasteiger partial charge on any atom is -0.480 e. The van der Waals surface area contributed by atoms with Crippen LogP contribution in [0.4, 0.5) is 0 Å². The van der Waals surface area contributed by atoms with Gasteiger partial charge in [-0.1, -0.05) is 30.3 Å². The van der Waals surface area contributed by atoms with Crippen LogP contribution in [0.15, 0.2) is 30.3 Å². The maximum absolute atomic E-state index is 12.9. The van der Waals surface area contributed by atoms with E-state index in [1.807, 2.05) is 12.3 Å². The van der Waals surface area contributed by atoms with Crippen molar-refractivity contribution in [2.75, 3.05) is 24.4 Å². The van der Waals surface area contributed by atoms with Crippen LogP contribution in [0.2, 0.25) is 0 Å². The molecule has 178 valence electrons. The molecule has 0 aliphatic rings. The standard InChI is InChI=1S/C20H30N4O6S2/c1-32-8-7-13(21)17(26)22-14(9-12-5-3-2-4-6-12)18(27)24-16(11-31)19(28)23-15(10-25)20(29)30/h2-6,13-16,25,31H,7-11,21H2,1H3,(H,22,26)(H,23,28)(H,24,27)(H,29,30). The Kier molecular flexibility index (Phi) is 12.8. The fourth-order valence-corrected chi connectivity index (χ4v) is 3.38. The number of aliphatic hydroxyl groups excluding tert-OH is 1. The summed E-state index contributed by atoms with van der Waals surface area (Å²) in [5.41, 5.74) is 6.69. The lowest BCUT2D eigenvalue weighted by Crippen LogP contribution is -2.58. The average Bonchev–Trinajstić information content (AvgIpc) is 2.78. The first kappa shape index (κ1) is 27.8. The summed E-state index contributed by atoms with van der Waals surface area (Å²) in [6, 6.07) is 4.48. The van der Waals surface area contributed by atoms with E-state index in [0.717, 1.165) is 5.56 Å². The largest absolute Gasteiger partial charge is 0.480 e. The monoisotopic (exact) mass is 486 g/mol. The van der Waals surface area contributed by atoms with Crippen molar-refractivity contribution < 1.29 is 29.4 Å². The lowest BCUT2D eigenvalue weighted by Gasteiger charge is -2.24. The zero-order valence-electron chi connectivity index (χ0n) is 17.7. The normalized spacial score (nSPS) is 14.5. The second-order valence-electron chi connectivity index (χ2n) is 6.96. The van der Waals surface area contributed by atoms with Gasteiger partial charge in [0.05, 0.1) is 12.6 Å². The van der Waals surface area contributed by atoms with E-state index in [2.05, 4.69) is 28.6 Å². The summed E-state index contributed by atoms with van der Waals surface area (Å²) >= 11 is 5.59. The van der Waals surface area contributed by atoms with Gasteiger partial charge in [-0.3, -0.25) is 14.4 Å². The zero-order chi connectivity index (χ0) is 24.1. The highest BCUT2D eigenvalue weighted by molar-refractivity contribution is 7.98. The molecule has 0 heterocycles. The highest BCUT2D eigenvalue weighted by Crippen LogP contribution is 2.06. The molecule has 0 saturated carbocycles. The summed E-state index contributed by atoms with van der Waals surface area (Å²) in [5.74, 6) is -2.83. The molecule has 0 aliphatic heterocycles. The molecule has 1 aromatic rings. The summed E-state index contributed by atoms with van der Waals surface area (Å²) < 4.78 is 0. The predicted octanol–water partition coefficient (Wildman–Crippen LogP) is -1.23. The van der Waals surface area contributed by atoms with Crippen LogP contribution in [-0.4, -0.2) is 82.4 Å². The molecule has 4 atom stereocenters. The number of amides is 3. The van der Waals surface area contributed by atoms with Gasteiger partial charge in [-0.2, -0.15) is 24.4 Å². The Bertz CT molecular complexity index is 768. The van der Waals surface area contributed by atoms with E-state index >= 15 is 0 Å². The highest BCUT2D eigenvalue weighted by Gasteiger charge is 2.29. The number of carbonyl (C=O) groups excluding carboxylic acids is 3. The predicted molar refractivity (Wildman–Crippen MR) is 125 cm³/mol. The van der Waals surface area contributed by atoms with Gasteiger partial charge >= 0.3 is 5.97 Å². The number of nitrogens with two attached hydrogens (primary N) is 1. The van der Waals surface area contributed by atoms with Gasteiger partial charge in [0, 0.05) is 12.2 Å². The molecular weight excluding hydrogens is 456 g/mol. The van der Waals surface area contributed by atoms with Crippen LogP contribution in [0.25, 0.3) is 0 Å². The van der Waals surface area contributed by atoms with E-state index in [0.29, 0.717) is 12.2 Å². The first-order valence-corrected chi connectivity index (χ1v) is 11.9. The Morgan fingerprint density at radius 1 is 1.00 bits per heavy atom. The molecule has 1 aromatic carbocycles. The number of thiol groups is 1. The first-order valence-electron chi connectivity index (χ1n) is 9.87. The van der Waals surface area contributed by atoms with Crippen molar-refractivity contribution in [3.8, 4) is 0 Å². The van der Waals surface area contributed by atoms with Gasteiger partial charge in [-0.15, -0.1) is 0 Å². The van der Waals surface area contributed by atoms with Crippen molar-refractivity contribution in [1.82, 2.24) is 16.0 Å². The van der Waals surface area contributed by atoms with Crippen LogP contribution in [0.3, 0.4) is 0 Å². The molecule has 0 fully saturated rings. The van der Waals surface area contributed by atoms with Crippen molar-refractivity contribution >= 4 is 48.1 Å². The molecule has 12 heteroatoms. The summed E-state index contributed by atoms with van der Waals surface area (Å²) in [4.78, 5) is 48.8. The molecular formula is C20H30N4O6S2. The SMILES string of the molecule is CSCCC(N)C(=O)NC(Cc1ccccc1)C(=O)NC(CS)C(=O)NC(CO)C(=O)O. The number of thioether (sulfide) groups is 1.